The maximum Gasteiger partial charge on any atom is 0.414 e. The molecule has 1 N–H and O–H groups in total. The van der Waals surface area contributed by atoms with Crippen LogP contribution in [-0.2, 0) is 20.7 Å². The molecule has 0 spiro atoms. The highest BCUT2D eigenvalue weighted by atomic mass is 16.5. The molecular formula is C28H33N3O5. The molecule has 0 unspecified atom stereocenters. The number of carbonyl (C=O) groups is 2. The van der Waals surface area contributed by atoms with E-state index in [0.29, 0.717) is 12.8 Å². The lowest BCUT2D eigenvalue weighted by Crippen LogP contribution is -2.42. The van der Waals surface area contributed by atoms with Crippen molar-refractivity contribution in [2.24, 2.45) is 5.92 Å². The van der Waals surface area contributed by atoms with Crippen molar-refractivity contribution in [1.29, 1.82) is 0 Å². The van der Waals surface area contributed by atoms with Gasteiger partial charge in [0.25, 0.3) is 0 Å². The molecule has 190 valence electrons. The number of aliphatic carboxylic acids is 1. The molecule has 5 rings (SSSR count). The number of carboxylic acids is 1. The summed E-state index contributed by atoms with van der Waals surface area (Å²) in [5, 5.41) is 9.76. The maximum absolute atomic E-state index is 12.6. The lowest BCUT2D eigenvalue weighted by molar-refractivity contribution is -0.143. The number of hydrogen-bond acceptors (Lipinski definition) is 5. The van der Waals surface area contributed by atoms with Crippen molar-refractivity contribution in [2.45, 2.75) is 63.6 Å². The zero-order valence-corrected chi connectivity index (χ0v) is 21.0. The van der Waals surface area contributed by atoms with Crippen LogP contribution >= 0.6 is 0 Å². The number of methoxy groups -OCH3 is 2. The summed E-state index contributed by atoms with van der Waals surface area (Å²) < 4.78 is 13.3. The third kappa shape index (κ3) is 4.13. The lowest BCUT2D eigenvalue weighted by atomic mass is 9.85. The summed E-state index contributed by atoms with van der Waals surface area (Å²) in [6, 6.07) is 14.0. The van der Waals surface area contributed by atoms with Gasteiger partial charge < -0.3 is 19.1 Å². The van der Waals surface area contributed by atoms with Crippen molar-refractivity contribution in [2.75, 3.05) is 19.1 Å². The Bertz CT molecular complexity index is 1270. The zero-order chi connectivity index (χ0) is 25.4. The van der Waals surface area contributed by atoms with Gasteiger partial charge in [0.2, 0.25) is 0 Å². The third-order valence-electron chi connectivity index (χ3n) is 7.79. The number of anilines is 1. The molecule has 1 aliphatic carbocycles. The fourth-order valence-electron chi connectivity index (χ4n) is 6.00. The van der Waals surface area contributed by atoms with Crippen molar-refractivity contribution in [3.8, 4) is 0 Å². The van der Waals surface area contributed by atoms with Gasteiger partial charge in [-0.3, -0.25) is 9.69 Å². The van der Waals surface area contributed by atoms with Crippen LogP contribution in [0.15, 0.2) is 42.5 Å². The molecule has 2 aliphatic rings. The molecule has 8 nitrogen and oxygen atoms in total. The first-order valence-corrected chi connectivity index (χ1v) is 12.7. The third-order valence-corrected chi connectivity index (χ3v) is 7.79. The second kappa shape index (κ2) is 9.93. The van der Waals surface area contributed by atoms with E-state index in [4.69, 9.17) is 14.5 Å². The second-order valence-corrected chi connectivity index (χ2v) is 9.88. The zero-order valence-electron chi connectivity index (χ0n) is 21.0. The predicted octanol–water partition coefficient (Wildman–Crippen LogP) is 5.50. The number of fused-ring (bicyclic) bond motifs is 3. The highest BCUT2D eigenvalue weighted by Gasteiger charge is 2.35. The van der Waals surface area contributed by atoms with E-state index in [1.54, 1.807) is 12.0 Å². The number of imidazole rings is 1. The lowest BCUT2D eigenvalue weighted by Gasteiger charge is -2.34. The average Bonchev–Trinajstić information content (AvgIpc) is 3.28. The SMILES string of the molecule is COC(=O)N1c2ccc3c(nc([C@@H](OC)c4ccccc4)n3[C@@H]3CCC[C@@H](C(=O)O)C3)c2CC[C@@H]1C. The van der Waals surface area contributed by atoms with Crippen LogP contribution in [0.25, 0.3) is 11.0 Å². The summed E-state index contributed by atoms with van der Waals surface area (Å²) in [7, 11) is 3.08. The summed E-state index contributed by atoms with van der Waals surface area (Å²) in [5.41, 5.74) is 4.63. The molecular weight excluding hydrogens is 458 g/mol. The van der Waals surface area contributed by atoms with Gasteiger partial charge in [-0.25, -0.2) is 9.78 Å². The van der Waals surface area contributed by atoms with Crippen molar-refractivity contribution < 1.29 is 24.2 Å². The molecule has 1 saturated carbocycles. The Labute approximate surface area is 210 Å². The molecule has 0 bridgehead atoms. The Hall–Kier alpha value is -3.39. The number of aromatic nitrogens is 2. The molecule has 1 fully saturated rings. The molecule has 0 saturated heterocycles. The minimum Gasteiger partial charge on any atom is -0.481 e. The van der Waals surface area contributed by atoms with E-state index in [0.717, 1.165) is 59.4 Å². The maximum atomic E-state index is 12.6. The van der Waals surface area contributed by atoms with Gasteiger partial charge in [0.05, 0.1) is 29.7 Å². The Kier molecular flexibility index (Phi) is 6.71. The van der Waals surface area contributed by atoms with Crippen LogP contribution in [0.2, 0.25) is 0 Å². The molecule has 3 aromatic rings. The Morgan fingerprint density at radius 2 is 1.86 bits per heavy atom. The number of nitrogens with zero attached hydrogens (tertiary/aromatic N) is 3. The van der Waals surface area contributed by atoms with Crippen LogP contribution in [0.1, 0.15) is 68.1 Å². The van der Waals surface area contributed by atoms with Gasteiger partial charge in [0.1, 0.15) is 11.9 Å². The molecule has 1 amide bonds. The normalized spacial score (nSPS) is 22.8. The van der Waals surface area contributed by atoms with Gasteiger partial charge in [0, 0.05) is 24.8 Å². The fraction of sp³-hybridized carbons (Fsp3) is 0.464. The summed E-state index contributed by atoms with van der Waals surface area (Å²) in [5.74, 6) is -0.344. The Morgan fingerprint density at radius 1 is 1.08 bits per heavy atom. The summed E-state index contributed by atoms with van der Waals surface area (Å²) in [6.45, 7) is 2.03. The number of carbonyl (C=O) groups excluding carboxylic acids is 1. The van der Waals surface area contributed by atoms with Gasteiger partial charge in [-0.2, -0.15) is 0 Å². The van der Waals surface area contributed by atoms with E-state index < -0.39 is 12.1 Å². The number of benzene rings is 2. The van der Waals surface area contributed by atoms with Crippen LogP contribution in [0, 0.1) is 5.92 Å². The van der Waals surface area contributed by atoms with E-state index in [2.05, 4.69) is 4.57 Å². The Balaban J connectivity index is 1.71. The van der Waals surface area contributed by atoms with Crippen molar-refractivity contribution >= 4 is 28.8 Å². The molecule has 1 aromatic heterocycles. The first kappa shape index (κ1) is 24.3. The number of carboxylic acid groups (broad SMARTS) is 1. The highest BCUT2D eigenvalue weighted by Crippen LogP contribution is 2.42. The largest absolute Gasteiger partial charge is 0.481 e. The monoisotopic (exact) mass is 491 g/mol. The van der Waals surface area contributed by atoms with Crippen molar-refractivity contribution in [3.63, 3.8) is 0 Å². The molecule has 8 heteroatoms. The molecule has 36 heavy (non-hydrogen) atoms. The molecule has 2 heterocycles. The molecule has 4 atom stereocenters. The minimum absolute atomic E-state index is 0.00140. The van der Waals surface area contributed by atoms with E-state index in [9.17, 15) is 14.7 Å². The first-order chi connectivity index (χ1) is 17.4. The van der Waals surface area contributed by atoms with Crippen LogP contribution in [0.4, 0.5) is 10.5 Å². The number of hydrogen-bond donors (Lipinski definition) is 1. The molecule has 2 aromatic carbocycles. The predicted molar refractivity (Wildman–Crippen MR) is 136 cm³/mol. The van der Waals surface area contributed by atoms with Crippen molar-refractivity contribution in [1.82, 2.24) is 9.55 Å². The van der Waals surface area contributed by atoms with Gasteiger partial charge in [0.15, 0.2) is 0 Å². The van der Waals surface area contributed by atoms with E-state index >= 15 is 0 Å². The topological polar surface area (TPSA) is 93.9 Å². The molecule has 1 aliphatic heterocycles. The Morgan fingerprint density at radius 3 is 2.56 bits per heavy atom. The van der Waals surface area contributed by atoms with Crippen LogP contribution in [-0.4, -0.2) is 47.0 Å². The van der Waals surface area contributed by atoms with Gasteiger partial charge in [-0.1, -0.05) is 36.8 Å². The minimum atomic E-state index is -0.739. The summed E-state index contributed by atoms with van der Waals surface area (Å²) >= 11 is 0. The number of ether oxygens (including phenoxy) is 2. The van der Waals surface area contributed by atoms with Crippen molar-refractivity contribution in [3.05, 3.63) is 59.4 Å². The standard InChI is InChI=1S/C28H33N3O5/c1-17-12-13-21-22(30(17)28(34)36-3)14-15-23-24(21)29-26(25(35-2)18-8-5-4-6-9-18)31(23)20-11-7-10-19(16-20)27(32)33/h4-6,8-9,14-15,17,19-20,25H,7,10-13,16H2,1-3H3,(H,32,33)/t17-,19+,20+,25-/m0/s1. The summed E-state index contributed by atoms with van der Waals surface area (Å²) in [6.07, 6.45) is 3.81. The van der Waals surface area contributed by atoms with Gasteiger partial charge >= 0.3 is 12.1 Å². The van der Waals surface area contributed by atoms with E-state index in [1.807, 2.05) is 49.4 Å². The first-order valence-electron chi connectivity index (χ1n) is 12.7. The number of rotatable bonds is 5. The van der Waals surface area contributed by atoms with Crippen LogP contribution in [0.5, 0.6) is 0 Å². The average molecular weight is 492 g/mol. The fourth-order valence-corrected chi connectivity index (χ4v) is 6.00. The highest BCUT2D eigenvalue weighted by molar-refractivity contribution is 5.95. The quantitative estimate of drug-likeness (QED) is 0.507. The molecule has 0 radical (unpaired) electrons. The van der Waals surface area contributed by atoms with Gasteiger partial charge in [-0.15, -0.1) is 0 Å². The number of amides is 1. The number of aryl methyl sites for hydroxylation is 1. The van der Waals surface area contributed by atoms with Crippen LogP contribution in [0.3, 0.4) is 0 Å². The van der Waals surface area contributed by atoms with Gasteiger partial charge in [-0.05, 0) is 56.7 Å². The van der Waals surface area contributed by atoms with E-state index in [1.165, 1.54) is 7.11 Å². The smallest absolute Gasteiger partial charge is 0.414 e. The summed E-state index contributed by atoms with van der Waals surface area (Å²) in [4.78, 5) is 31.4. The van der Waals surface area contributed by atoms with Crippen LogP contribution < -0.4 is 4.90 Å². The second-order valence-electron chi connectivity index (χ2n) is 9.88. The van der Waals surface area contributed by atoms with E-state index in [-0.39, 0.29) is 24.1 Å².